The maximum Gasteiger partial charge on any atom is 0.255 e. The number of hydrogen-bond donors (Lipinski definition) is 0. The minimum atomic E-state index is -0.160. The van der Waals surface area contributed by atoms with Crippen LogP contribution in [0.5, 0.6) is 0 Å². The second-order valence-corrected chi connectivity index (χ2v) is 13.8. The molecular formula is C25H25Br2N3O2S3. The van der Waals surface area contributed by atoms with Gasteiger partial charge in [0.1, 0.15) is 11.0 Å². The fourth-order valence-electron chi connectivity index (χ4n) is 4.17. The van der Waals surface area contributed by atoms with Gasteiger partial charge < -0.3 is 4.90 Å². The van der Waals surface area contributed by atoms with Gasteiger partial charge in [0.2, 0.25) is 0 Å². The molecule has 0 unspecified atom stereocenters. The summed E-state index contributed by atoms with van der Waals surface area (Å²) in [6.07, 6.45) is 7.71. The molecule has 184 valence electrons. The SMILES string of the molecule is CCCCCCCCN(C)C(=O)c1c(C=O)c(-c2ccc(Br)s2)c2nsnc2c1-c1ccc(Br)s1. The number of unbranched alkanes of at least 4 members (excludes halogenated alkanes) is 5. The van der Waals surface area contributed by atoms with Crippen LogP contribution in [0.15, 0.2) is 31.8 Å². The lowest BCUT2D eigenvalue weighted by molar-refractivity contribution is 0.0790. The van der Waals surface area contributed by atoms with Gasteiger partial charge in [0.25, 0.3) is 5.91 Å². The molecule has 1 aromatic carbocycles. The Morgan fingerprint density at radius 1 is 0.914 bits per heavy atom. The van der Waals surface area contributed by atoms with Gasteiger partial charge >= 0.3 is 0 Å². The third-order valence-corrected chi connectivity index (χ3v) is 9.73. The number of nitrogens with zero attached hydrogens (tertiary/aromatic N) is 3. The number of carbonyl (C=O) groups is 2. The van der Waals surface area contributed by atoms with E-state index in [0.717, 1.165) is 48.2 Å². The molecule has 0 N–H and O–H groups in total. The van der Waals surface area contributed by atoms with E-state index in [4.69, 9.17) is 0 Å². The van der Waals surface area contributed by atoms with Gasteiger partial charge in [-0.3, -0.25) is 9.59 Å². The van der Waals surface area contributed by atoms with Crippen LogP contribution in [0.3, 0.4) is 0 Å². The Labute approximate surface area is 234 Å². The third-order valence-electron chi connectivity index (χ3n) is 5.92. The minimum Gasteiger partial charge on any atom is -0.342 e. The van der Waals surface area contributed by atoms with Crippen LogP contribution in [0.25, 0.3) is 31.9 Å². The highest BCUT2D eigenvalue weighted by Crippen LogP contribution is 2.45. The molecule has 0 saturated carbocycles. The van der Waals surface area contributed by atoms with Gasteiger partial charge in [0, 0.05) is 40.0 Å². The van der Waals surface area contributed by atoms with E-state index in [9.17, 15) is 9.59 Å². The van der Waals surface area contributed by atoms with Crippen LogP contribution in [-0.4, -0.2) is 39.4 Å². The molecule has 0 atom stereocenters. The topological polar surface area (TPSA) is 63.2 Å². The number of rotatable bonds is 11. The van der Waals surface area contributed by atoms with E-state index < -0.39 is 0 Å². The number of hydrogen-bond acceptors (Lipinski definition) is 7. The highest BCUT2D eigenvalue weighted by molar-refractivity contribution is 9.11. The van der Waals surface area contributed by atoms with E-state index in [1.54, 1.807) is 4.90 Å². The summed E-state index contributed by atoms with van der Waals surface area (Å²) in [5, 5.41) is 0. The number of halogens is 2. The molecule has 0 bridgehead atoms. The molecule has 5 nitrogen and oxygen atoms in total. The van der Waals surface area contributed by atoms with Gasteiger partial charge in [0.05, 0.1) is 24.9 Å². The number of fused-ring (bicyclic) bond motifs is 1. The first-order valence-corrected chi connectivity index (χ1v) is 15.5. The molecule has 3 aromatic heterocycles. The van der Waals surface area contributed by atoms with Gasteiger partial charge in [-0.15, -0.1) is 22.7 Å². The van der Waals surface area contributed by atoms with Crippen LogP contribution in [-0.2, 0) is 0 Å². The molecule has 1 amide bonds. The van der Waals surface area contributed by atoms with Crippen LogP contribution in [0, 0.1) is 0 Å². The molecule has 0 spiro atoms. The molecule has 4 aromatic rings. The number of thiophene rings is 2. The zero-order valence-corrected chi connectivity index (χ0v) is 25.1. The second-order valence-electron chi connectivity index (χ2n) is 8.32. The summed E-state index contributed by atoms with van der Waals surface area (Å²) in [5.41, 5.74) is 3.45. The Morgan fingerprint density at radius 3 is 2.06 bits per heavy atom. The highest BCUT2D eigenvalue weighted by atomic mass is 79.9. The summed E-state index contributed by atoms with van der Waals surface area (Å²) in [7, 11) is 1.82. The smallest absolute Gasteiger partial charge is 0.255 e. The van der Waals surface area contributed by atoms with Crippen LogP contribution < -0.4 is 0 Å². The first kappa shape index (κ1) is 26.6. The maximum atomic E-state index is 14.0. The van der Waals surface area contributed by atoms with Crippen molar-refractivity contribution in [2.45, 2.75) is 45.4 Å². The average molecular weight is 656 g/mol. The van der Waals surface area contributed by atoms with Crippen molar-refractivity contribution in [3.8, 4) is 20.9 Å². The van der Waals surface area contributed by atoms with Crippen molar-refractivity contribution >= 4 is 89.5 Å². The molecule has 0 fully saturated rings. The van der Waals surface area contributed by atoms with Crippen molar-refractivity contribution in [2.24, 2.45) is 0 Å². The van der Waals surface area contributed by atoms with Crippen molar-refractivity contribution in [1.29, 1.82) is 0 Å². The Balaban J connectivity index is 1.83. The first-order chi connectivity index (χ1) is 17.0. The van der Waals surface area contributed by atoms with Crippen LogP contribution in [0.1, 0.15) is 66.2 Å². The van der Waals surface area contributed by atoms with Crippen LogP contribution in [0.4, 0.5) is 0 Å². The Morgan fingerprint density at radius 2 is 1.49 bits per heavy atom. The maximum absolute atomic E-state index is 14.0. The van der Waals surface area contributed by atoms with Crippen LogP contribution in [0.2, 0.25) is 0 Å². The first-order valence-electron chi connectivity index (χ1n) is 11.5. The monoisotopic (exact) mass is 653 g/mol. The zero-order chi connectivity index (χ0) is 24.9. The minimum absolute atomic E-state index is 0.160. The van der Waals surface area contributed by atoms with Gasteiger partial charge in [-0.25, -0.2) is 0 Å². The van der Waals surface area contributed by atoms with Gasteiger partial charge in [-0.1, -0.05) is 39.0 Å². The fourth-order valence-corrected chi connectivity index (χ4v) is 7.61. The highest BCUT2D eigenvalue weighted by Gasteiger charge is 2.30. The summed E-state index contributed by atoms with van der Waals surface area (Å²) >= 11 is 11.2. The molecule has 35 heavy (non-hydrogen) atoms. The number of benzene rings is 1. The molecule has 3 heterocycles. The molecule has 10 heteroatoms. The summed E-state index contributed by atoms with van der Waals surface area (Å²) < 4.78 is 11.1. The normalized spacial score (nSPS) is 11.3. The molecule has 0 aliphatic carbocycles. The Bertz CT molecular complexity index is 1350. The Kier molecular flexibility index (Phi) is 9.26. The molecule has 0 aliphatic rings. The van der Waals surface area contributed by atoms with E-state index in [-0.39, 0.29) is 5.91 Å². The second kappa shape index (κ2) is 12.2. The van der Waals surface area contributed by atoms with Crippen molar-refractivity contribution in [3.63, 3.8) is 0 Å². The van der Waals surface area contributed by atoms with E-state index in [0.29, 0.717) is 39.8 Å². The predicted molar refractivity (Wildman–Crippen MR) is 155 cm³/mol. The van der Waals surface area contributed by atoms with Crippen molar-refractivity contribution < 1.29 is 9.59 Å². The van der Waals surface area contributed by atoms with Gasteiger partial charge in [-0.05, 0) is 62.5 Å². The molecular weight excluding hydrogens is 630 g/mol. The van der Waals surface area contributed by atoms with E-state index in [1.165, 1.54) is 48.4 Å². The number of aldehydes is 1. The Hall–Kier alpha value is -1.46. The van der Waals surface area contributed by atoms with Crippen molar-refractivity contribution in [2.75, 3.05) is 13.6 Å². The standard InChI is InChI=1S/C25H25Br2N3O2S3/c1-3-4-5-6-7-8-13-30(2)25(32)21-15(14-31)20(16-9-11-18(26)33-16)23-24(29-35-28-23)22(21)17-10-12-19(27)34-17/h9-12,14H,3-8,13H2,1-2H3. The number of amides is 1. The lowest BCUT2D eigenvalue weighted by atomic mass is 9.91. The largest absolute Gasteiger partial charge is 0.342 e. The lowest BCUT2D eigenvalue weighted by Crippen LogP contribution is -2.29. The van der Waals surface area contributed by atoms with Crippen molar-refractivity contribution in [3.05, 3.63) is 43.0 Å². The average Bonchev–Trinajstić information content (AvgIpc) is 3.60. The lowest BCUT2D eigenvalue weighted by Gasteiger charge is -2.21. The van der Waals surface area contributed by atoms with Gasteiger partial charge in [0.15, 0.2) is 6.29 Å². The molecule has 0 saturated heterocycles. The summed E-state index contributed by atoms with van der Waals surface area (Å²) in [6, 6.07) is 7.80. The quantitative estimate of drug-likeness (QED) is 0.120. The van der Waals surface area contributed by atoms with Gasteiger partial charge in [-0.2, -0.15) is 8.75 Å². The predicted octanol–water partition coefficient (Wildman–Crippen LogP) is 8.92. The molecule has 0 radical (unpaired) electrons. The zero-order valence-electron chi connectivity index (χ0n) is 19.5. The fraction of sp³-hybridized carbons (Fsp3) is 0.360. The summed E-state index contributed by atoms with van der Waals surface area (Å²) in [4.78, 5) is 30.1. The summed E-state index contributed by atoms with van der Waals surface area (Å²) in [5.74, 6) is -0.160. The molecule has 4 rings (SSSR count). The van der Waals surface area contributed by atoms with Crippen molar-refractivity contribution in [1.82, 2.24) is 13.6 Å². The van der Waals surface area contributed by atoms with E-state index in [2.05, 4.69) is 47.5 Å². The third kappa shape index (κ3) is 5.77. The van der Waals surface area contributed by atoms with E-state index >= 15 is 0 Å². The molecule has 0 aliphatic heterocycles. The summed E-state index contributed by atoms with van der Waals surface area (Å²) in [6.45, 7) is 2.85. The number of carbonyl (C=O) groups excluding carboxylic acids is 2. The number of aromatic nitrogens is 2. The van der Waals surface area contributed by atoms with E-state index in [1.807, 2.05) is 31.3 Å². The van der Waals surface area contributed by atoms with Crippen LogP contribution >= 0.6 is 66.3 Å².